The van der Waals surface area contributed by atoms with Crippen LogP contribution in [0.1, 0.15) is 5.56 Å². The number of anilines is 1. The highest BCUT2D eigenvalue weighted by Crippen LogP contribution is 2.32. The van der Waals surface area contributed by atoms with Crippen molar-refractivity contribution in [3.63, 3.8) is 0 Å². The van der Waals surface area contributed by atoms with E-state index in [0.29, 0.717) is 0 Å². The van der Waals surface area contributed by atoms with E-state index in [4.69, 9.17) is 5.73 Å². The molecule has 0 unspecified atom stereocenters. The van der Waals surface area contributed by atoms with Gasteiger partial charge in [-0.05, 0) is 24.6 Å². The quantitative estimate of drug-likeness (QED) is 0.675. The number of hydrogen-bond donors (Lipinski definition) is 2. The second-order valence-corrected chi connectivity index (χ2v) is 4.72. The molecule has 0 atom stereocenters. The monoisotopic (exact) mass is 230 g/mol. The Hall–Kier alpha value is -1.88. The maximum atomic E-state index is 5.78. The van der Waals surface area contributed by atoms with E-state index in [9.17, 15) is 0 Å². The van der Waals surface area contributed by atoms with Crippen molar-refractivity contribution < 1.29 is 0 Å². The Morgan fingerprint density at radius 1 is 1.44 bits per heavy atom. The Morgan fingerprint density at radius 3 is 3.00 bits per heavy atom. The smallest absolute Gasteiger partial charge is 0.148 e. The van der Waals surface area contributed by atoms with Gasteiger partial charge >= 0.3 is 0 Å². The molecule has 3 aromatic rings. The summed E-state index contributed by atoms with van der Waals surface area (Å²) in [5, 5.41) is 0.811. The number of nitrogens with two attached hydrogens (primary N) is 1. The fourth-order valence-corrected chi connectivity index (χ4v) is 2.59. The van der Waals surface area contributed by atoms with Crippen LogP contribution in [0.2, 0.25) is 0 Å². The van der Waals surface area contributed by atoms with E-state index in [2.05, 4.69) is 15.0 Å². The molecular weight excluding hydrogens is 220 g/mol. The van der Waals surface area contributed by atoms with Gasteiger partial charge in [0, 0.05) is 6.20 Å². The number of pyridine rings is 1. The molecule has 0 aliphatic rings. The second kappa shape index (κ2) is 3.31. The minimum atomic E-state index is 0.811. The lowest BCUT2D eigenvalue weighted by molar-refractivity contribution is 1.33. The Bertz CT molecular complexity index is 620. The van der Waals surface area contributed by atoms with Gasteiger partial charge in [-0.2, -0.15) is 0 Å². The SMILES string of the molecule is Cc1cc(N)sc1-c1nc2ccncc2[nH]1. The minimum absolute atomic E-state index is 0.811. The number of hydrogen-bond acceptors (Lipinski definition) is 4. The Morgan fingerprint density at radius 2 is 2.31 bits per heavy atom. The maximum Gasteiger partial charge on any atom is 0.148 e. The summed E-state index contributed by atoms with van der Waals surface area (Å²) in [5.74, 6) is 0.863. The van der Waals surface area contributed by atoms with Gasteiger partial charge < -0.3 is 10.7 Å². The zero-order chi connectivity index (χ0) is 11.1. The largest absolute Gasteiger partial charge is 0.391 e. The molecule has 0 aromatic carbocycles. The van der Waals surface area contributed by atoms with Crippen molar-refractivity contribution in [1.82, 2.24) is 15.0 Å². The van der Waals surface area contributed by atoms with E-state index in [-0.39, 0.29) is 0 Å². The van der Waals surface area contributed by atoms with Crippen LogP contribution >= 0.6 is 11.3 Å². The molecule has 0 saturated heterocycles. The summed E-state index contributed by atoms with van der Waals surface area (Å²) in [6.07, 6.45) is 3.51. The van der Waals surface area contributed by atoms with E-state index in [1.165, 1.54) is 0 Å². The lowest BCUT2D eigenvalue weighted by Gasteiger charge is -1.91. The number of H-pyrrole nitrogens is 1. The Labute approximate surface area is 96.2 Å². The van der Waals surface area contributed by atoms with Crippen molar-refractivity contribution >= 4 is 27.4 Å². The molecule has 0 radical (unpaired) electrons. The normalized spacial score (nSPS) is 11.1. The molecule has 3 aromatic heterocycles. The summed E-state index contributed by atoms with van der Waals surface area (Å²) < 4.78 is 0. The van der Waals surface area contributed by atoms with Crippen LogP contribution in [0.15, 0.2) is 24.5 Å². The molecule has 0 aliphatic heterocycles. The lowest BCUT2D eigenvalue weighted by Crippen LogP contribution is -1.77. The molecule has 0 saturated carbocycles. The van der Waals surface area contributed by atoms with E-state index in [1.54, 1.807) is 23.7 Å². The number of rotatable bonds is 1. The molecule has 4 nitrogen and oxygen atoms in total. The zero-order valence-corrected chi connectivity index (χ0v) is 9.51. The van der Waals surface area contributed by atoms with E-state index in [1.807, 2.05) is 19.1 Å². The fourth-order valence-electron chi connectivity index (χ4n) is 1.71. The van der Waals surface area contributed by atoms with Crippen LogP contribution < -0.4 is 5.73 Å². The van der Waals surface area contributed by atoms with Gasteiger partial charge in [0.2, 0.25) is 0 Å². The molecule has 5 heteroatoms. The summed E-state index contributed by atoms with van der Waals surface area (Å²) in [4.78, 5) is 12.9. The molecule has 16 heavy (non-hydrogen) atoms. The molecule has 80 valence electrons. The third kappa shape index (κ3) is 1.37. The van der Waals surface area contributed by atoms with Gasteiger partial charge in [-0.3, -0.25) is 4.98 Å². The first-order valence-corrected chi connectivity index (χ1v) is 5.72. The van der Waals surface area contributed by atoms with Crippen LogP contribution in [0.5, 0.6) is 0 Å². The summed E-state index contributed by atoms with van der Waals surface area (Å²) in [7, 11) is 0. The van der Waals surface area contributed by atoms with Crippen molar-refractivity contribution in [3.8, 4) is 10.7 Å². The molecule has 3 rings (SSSR count). The highest BCUT2D eigenvalue weighted by Gasteiger charge is 2.10. The number of aromatic nitrogens is 3. The van der Waals surface area contributed by atoms with Crippen LogP contribution in [-0.4, -0.2) is 15.0 Å². The van der Waals surface area contributed by atoms with Crippen LogP contribution in [-0.2, 0) is 0 Å². The number of imidazole rings is 1. The summed E-state index contributed by atoms with van der Waals surface area (Å²) in [6.45, 7) is 2.04. The highest BCUT2D eigenvalue weighted by atomic mass is 32.1. The van der Waals surface area contributed by atoms with Crippen LogP contribution in [0.3, 0.4) is 0 Å². The number of nitrogens with zero attached hydrogens (tertiary/aromatic N) is 2. The molecule has 0 spiro atoms. The number of aryl methyl sites for hydroxylation is 1. The molecule has 3 heterocycles. The number of thiophene rings is 1. The molecule has 0 fully saturated rings. The molecule has 0 bridgehead atoms. The maximum absolute atomic E-state index is 5.78. The second-order valence-electron chi connectivity index (χ2n) is 3.64. The van der Waals surface area contributed by atoms with E-state index >= 15 is 0 Å². The standard InChI is InChI=1S/C11H10N4S/c1-6-4-9(12)16-10(6)11-14-7-2-3-13-5-8(7)15-11/h2-5H,12H2,1H3,(H,14,15). The van der Waals surface area contributed by atoms with Gasteiger partial charge in [0.15, 0.2) is 0 Å². The van der Waals surface area contributed by atoms with Gasteiger partial charge in [0.1, 0.15) is 5.82 Å². The predicted octanol–water partition coefficient (Wildman–Crippen LogP) is 2.58. The summed E-state index contributed by atoms with van der Waals surface area (Å²) >= 11 is 1.55. The molecule has 0 aliphatic carbocycles. The van der Waals surface area contributed by atoms with Gasteiger partial charge in [-0.15, -0.1) is 11.3 Å². The van der Waals surface area contributed by atoms with Gasteiger partial charge in [-0.25, -0.2) is 4.98 Å². The fraction of sp³-hybridized carbons (Fsp3) is 0.0909. The van der Waals surface area contributed by atoms with Gasteiger partial charge in [0.05, 0.1) is 27.1 Å². The van der Waals surface area contributed by atoms with Crippen molar-refractivity contribution in [2.75, 3.05) is 5.73 Å². The summed E-state index contributed by atoms with van der Waals surface area (Å²) in [6, 6.07) is 3.85. The first-order valence-electron chi connectivity index (χ1n) is 4.90. The number of nitrogens with one attached hydrogen (secondary N) is 1. The molecular formula is C11H10N4S. The van der Waals surface area contributed by atoms with E-state index < -0.39 is 0 Å². The number of aromatic amines is 1. The molecule has 0 amide bonds. The molecule has 3 N–H and O–H groups in total. The van der Waals surface area contributed by atoms with Crippen molar-refractivity contribution in [1.29, 1.82) is 0 Å². The minimum Gasteiger partial charge on any atom is -0.391 e. The van der Waals surface area contributed by atoms with Crippen LogP contribution in [0, 0.1) is 6.92 Å². The van der Waals surface area contributed by atoms with Crippen molar-refractivity contribution in [3.05, 3.63) is 30.1 Å². The van der Waals surface area contributed by atoms with E-state index in [0.717, 1.165) is 32.3 Å². The average Bonchev–Trinajstić information content (AvgIpc) is 2.81. The predicted molar refractivity (Wildman–Crippen MR) is 66.4 cm³/mol. The zero-order valence-electron chi connectivity index (χ0n) is 8.69. The third-order valence-electron chi connectivity index (χ3n) is 2.44. The first kappa shape index (κ1) is 9.35. The van der Waals surface area contributed by atoms with Crippen LogP contribution in [0.4, 0.5) is 5.00 Å². The van der Waals surface area contributed by atoms with Gasteiger partial charge in [0.25, 0.3) is 0 Å². The third-order valence-corrected chi connectivity index (χ3v) is 3.51. The number of fused-ring (bicyclic) bond motifs is 1. The van der Waals surface area contributed by atoms with Crippen molar-refractivity contribution in [2.24, 2.45) is 0 Å². The lowest BCUT2D eigenvalue weighted by atomic mass is 10.3. The van der Waals surface area contributed by atoms with Crippen LogP contribution in [0.25, 0.3) is 21.7 Å². The number of nitrogen functional groups attached to an aromatic ring is 1. The average molecular weight is 230 g/mol. The Balaban J connectivity index is 2.22. The van der Waals surface area contributed by atoms with Gasteiger partial charge in [-0.1, -0.05) is 0 Å². The topological polar surface area (TPSA) is 67.6 Å². The highest BCUT2D eigenvalue weighted by molar-refractivity contribution is 7.19. The van der Waals surface area contributed by atoms with Crippen molar-refractivity contribution in [2.45, 2.75) is 6.92 Å². The summed E-state index contributed by atoms with van der Waals surface area (Å²) in [5.41, 5.74) is 8.80. The first-order chi connectivity index (χ1) is 7.74. The Kier molecular flexibility index (Phi) is 1.94.